The summed E-state index contributed by atoms with van der Waals surface area (Å²) in [4.78, 5) is 26.1. The van der Waals surface area contributed by atoms with Gasteiger partial charge in [0.15, 0.2) is 6.04 Å². The Morgan fingerprint density at radius 2 is 1.87 bits per heavy atom. The van der Waals surface area contributed by atoms with E-state index in [1.54, 1.807) is 12.1 Å². The third kappa shape index (κ3) is 5.06. The second-order valence-corrected chi connectivity index (χ2v) is 6.33. The van der Waals surface area contributed by atoms with Crippen LogP contribution in [0.4, 0.5) is 0 Å². The zero-order valence-corrected chi connectivity index (χ0v) is 13.9. The summed E-state index contributed by atoms with van der Waals surface area (Å²) < 4.78 is 0. The lowest BCUT2D eigenvalue weighted by molar-refractivity contribution is -0.142. The zero-order chi connectivity index (χ0) is 16.8. The number of rotatable bonds is 6. The van der Waals surface area contributed by atoms with E-state index in [1.165, 1.54) is 0 Å². The Morgan fingerprint density at radius 1 is 1.26 bits per heavy atom. The van der Waals surface area contributed by atoms with E-state index < -0.39 is 12.0 Å². The van der Waals surface area contributed by atoms with Crippen molar-refractivity contribution >= 4 is 11.9 Å². The van der Waals surface area contributed by atoms with Crippen molar-refractivity contribution in [2.45, 2.75) is 39.2 Å². The maximum atomic E-state index is 12.2. The number of hydrogen-bond acceptors (Lipinski definition) is 3. The Balaban J connectivity index is 1.91. The number of carboxylic acids is 1. The van der Waals surface area contributed by atoms with Crippen molar-refractivity contribution in [2.75, 3.05) is 19.6 Å². The van der Waals surface area contributed by atoms with Gasteiger partial charge in [-0.3, -0.25) is 4.79 Å². The highest BCUT2D eigenvalue weighted by molar-refractivity contribution is 5.84. The van der Waals surface area contributed by atoms with Crippen LogP contribution in [0.25, 0.3) is 0 Å². The summed E-state index contributed by atoms with van der Waals surface area (Å²) in [6.45, 7) is 7.18. The minimum absolute atomic E-state index is 0.173. The van der Waals surface area contributed by atoms with Gasteiger partial charge in [0.1, 0.15) is 0 Å². The number of nitrogens with zero attached hydrogens (tertiary/aromatic N) is 1. The Kier molecular flexibility index (Phi) is 6.16. The third-order valence-electron chi connectivity index (χ3n) is 4.59. The molecule has 1 saturated heterocycles. The molecule has 1 fully saturated rings. The van der Waals surface area contributed by atoms with Crippen molar-refractivity contribution in [1.82, 2.24) is 10.2 Å². The van der Waals surface area contributed by atoms with Crippen molar-refractivity contribution < 1.29 is 14.7 Å². The van der Waals surface area contributed by atoms with Crippen LogP contribution in [-0.2, 0) is 9.59 Å². The number of likely N-dealkylation sites (tertiary alicyclic amines) is 1. The van der Waals surface area contributed by atoms with Crippen LogP contribution in [0.15, 0.2) is 24.3 Å². The number of amides is 1. The van der Waals surface area contributed by atoms with E-state index in [4.69, 9.17) is 0 Å². The first-order chi connectivity index (χ1) is 11.0. The highest BCUT2D eigenvalue weighted by Gasteiger charge is 2.25. The average Bonchev–Trinajstić information content (AvgIpc) is 2.54. The van der Waals surface area contributed by atoms with Crippen molar-refractivity contribution in [3.63, 3.8) is 0 Å². The lowest BCUT2D eigenvalue weighted by Gasteiger charge is -2.30. The molecule has 126 valence electrons. The molecule has 1 aromatic carbocycles. The van der Waals surface area contributed by atoms with Gasteiger partial charge in [0.2, 0.25) is 5.91 Å². The number of aliphatic carboxylic acids is 1. The summed E-state index contributed by atoms with van der Waals surface area (Å²) in [5.41, 5.74) is 1.67. The summed E-state index contributed by atoms with van der Waals surface area (Å²) in [6, 6.07) is 6.26. The highest BCUT2D eigenvalue weighted by atomic mass is 16.4. The normalized spacial score (nSPS) is 17.7. The van der Waals surface area contributed by atoms with Crippen LogP contribution >= 0.6 is 0 Å². The molecule has 1 aliphatic rings. The van der Waals surface area contributed by atoms with Gasteiger partial charge in [-0.15, -0.1) is 0 Å². The molecule has 1 amide bonds. The molecule has 5 heteroatoms. The fraction of sp³-hybridized carbons (Fsp3) is 0.556. The summed E-state index contributed by atoms with van der Waals surface area (Å²) >= 11 is 0. The fourth-order valence-corrected chi connectivity index (χ4v) is 3.04. The minimum Gasteiger partial charge on any atom is -0.479 e. The molecule has 23 heavy (non-hydrogen) atoms. The first kappa shape index (κ1) is 17.5. The summed E-state index contributed by atoms with van der Waals surface area (Å²) in [6.07, 6.45) is 2.42. The van der Waals surface area contributed by atoms with Crippen molar-refractivity contribution in [2.24, 2.45) is 5.92 Å². The van der Waals surface area contributed by atoms with Gasteiger partial charge in [-0.1, -0.05) is 36.8 Å². The van der Waals surface area contributed by atoms with Gasteiger partial charge < -0.3 is 15.3 Å². The molecule has 1 aromatic rings. The minimum atomic E-state index is -1.02. The molecule has 1 aliphatic heterocycles. The molecular formula is C18H26N2O3. The van der Waals surface area contributed by atoms with Crippen LogP contribution in [0.2, 0.25) is 0 Å². The standard InChI is InChI=1S/C18H26N2O3/c1-3-20-10-8-14(9-11-20)12-16(21)19-17(18(22)23)15-6-4-13(2)5-7-15/h4-7,14,17H,3,8-12H2,1-2H3,(H,19,21)(H,22,23). The Morgan fingerprint density at radius 3 is 2.39 bits per heavy atom. The number of hydrogen-bond donors (Lipinski definition) is 2. The fourth-order valence-electron chi connectivity index (χ4n) is 3.04. The summed E-state index contributed by atoms with van der Waals surface area (Å²) in [7, 11) is 0. The van der Waals surface area contributed by atoms with Crippen LogP contribution < -0.4 is 5.32 Å². The molecule has 1 unspecified atom stereocenters. The predicted octanol–water partition coefficient (Wildman–Crippen LogP) is 2.36. The van der Waals surface area contributed by atoms with Gasteiger partial charge in [-0.05, 0) is 50.9 Å². The number of carbonyl (C=O) groups is 2. The number of nitrogens with one attached hydrogen (secondary N) is 1. The second-order valence-electron chi connectivity index (χ2n) is 6.33. The molecule has 0 spiro atoms. The Labute approximate surface area is 137 Å². The molecule has 1 heterocycles. The van der Waals surface area contributed by atoms with Crippen molar-refractivity contribution in [3.05, 3.63) is 35.4 Å². The van der Waals surface area contributed by atoms with E-state index in [0.29, 0.717) is 17.9 Å². The van der Waals surface area contributed by atoms with Crippen LogP contribution in [-0.4, -0.2) is 41.5 Å². The number of benzene rings is 1. The summed E-state index contributed by atoms with van der Waals surface area (Å²) in [5, 5.41) is 12.1. The van der Waals surface area contributed by atoms with E-state index in [1.807, 2.05) is 19.1 Å². The quantitative estimate of drug-likeness (QED) is 0.845. The third-order valence-corrected chi connectivity index (χ3v) is 4.59. The number of carbonyl (C=O) groups excluding carboxylic acids is 1. The SMILES string of the molecule is CCN1CCC(CC(=O)NC(C(=O)O)c2ccc(C)cc2)CC1. The zero-order valence-electron chi connectivity index (χ0n) is 13.9. The highest BCUT2D eigenvalue weighted by Crippen LogP contribution is 2.21. The molecule has 0 saturated carbocycles. The van der Waals surface area contributed by atoms with E-state index >= 15 is 0 Å². The van der Waals surface area contributed by atoms with Gasteiger partial charge in [0, 0.05) is 6.42 Å². The topological polar surface area (TPSA) is 69.6 Å². The van der Waals surface area contributed by atoms with Gasteiger partial charge in [-0.2, -0.15) is 0 Å². The molecule has 0 aromatic heterocycles. The van der Waals surface area contributed by atoms with Crippen LogP contribution in [0.5, 0.6) is 0 Å². The lowest BCUT2D eigenvalue weighted by Crippen LogP contribution is -2.38. The van der Waals surface area contributed by atoms with E-state index in [0.717, 1.165) is 38.0 Å². The predicted molar refractivity (Wildman–Crippen MR) is 89.2 cm³/mol. The molecule has 0 aliphatic carbocycles. The number of piperidine rings is 1. The monoisotopic (exact) mass is 318 g/mol. The molecule has 1 atom stereocenters. The lowest BCUT2D eigenvalue weighted by atomic mass is 9.93. The van der Waals surface area contributed by atoms with E-state index in [-0.39, 0.29) is 5.91 Å². The Bertz CT molecular complexity index is 534. The first-order valence-electron chi connectivity index (χ1n) is 8.30. The van der Waals surface area contributed by atoms with Gasteiger partial charge in [0.25, 0.3) is 0 Å². The maximum absolute atomic E-state index is 12.2. The molecule has 2 N–H and O–H groups in total. The molecule has 2 rings (SSSR count). The molecule has 0 radical (unpaired) electrons. The van der Waals surface area contributed by atoms with Crippen LogP contribution in [0, 0.1) is 12.8 Å². The van der Waals surface area contributed by atoms with Crippen LogP contribution in [0.3, 0.4) is 0 Å². The van der Waals surface area contributed by atoms with Crippen LogP contribution in [0.1, 0.15) is 43.4 Å². The number of carboxylic acid groups (broad SMARTS) is 1. The van der Waals surface area contributed by atoms with E-state index in [2.05, 4.69) is 17.1 Å². The summed E-state index contributed by atoms with van der Waals surface area (Å²) in [5.74, 6) is -0.846. The average molecular weight is 318 g/mol. The van der Waals surface area contributed by atoms with Gasteiger partial charge >= 0.3 is 5.97 Å². The van der Waals surface area contributed by atoms with Crippen molar-refractivity contribution in [1.29, 1.82) is 0 Å². The van der Waals surface area contributed by atoms with Gasteiger partial charge in [-0.25, -0.2) is 4.79 Å². The van der Waals surface area contributed by atoms with Gasteiger partial charge in [0.05, 0.1) is 0 Å². The molecule has 5 nitrogen and oxygen atoms in total. The first-order valence-corrected chi connectivity index (χ1v) is 8.30. The Hall–Kier alpha value is -1.88. The second kappa shape index (κ2) is 8.11. The molecular weight excluding hydrogens is 292 g/mol. The van der Waals surface area contributed by atoms with E-state index in [9.17, 15) is 14.7 Å². The smallest absolute Gasteiger partial charge is 0.330 e. The van der Waals surface area contributed by atoms with Crippen molar-refractivity contribution in [3.8, 4) is 0 Å². The maximum Gasteiger partial charge on any atom is 0.330 e. The number of aryl methyl sites for hydroxylation is 1. The largest absolute Gasteiger partial charge is 0.479 e. The molecule has 0 bridgehead atoms.